The molecule has 0 spiro atoms. The maximum atomic E-state index is 11.7. The molecular formula is C13H18N2O3. The Balaban J connectivity index is 2.32. The van der Waals surface area contributed by atoms with Gasteiger partial charge < -0.3 is 20.1 Å². The second kappa shape index (κ2) is 4.86. The Kier molecular flexibility index (Phi) is 3.43. The third-order valence-corrected chi connectivity index (χ3v) is 3.40. The second-order valence-electron chi connectivity index (χ2n) is 4.42. The van der Waals surface area contributed by atoms with E-state index >= 15 is 0 Å². The van der Waals surface area contributed by atoms with Crippen molar-refractivity contribution < 1.29 is 14.3 Å². The highest BCUT2D eigenvalue weighted by Gasteiger charge is 2.35. The van der Waals surface area contributed by atoms with Crippen molar-refractivity contribution in [3.8, 4) is 11.5 Å². The first-order valence-corrected chi connectivity index (χ1v) is 5.82. The molecule has 18 heavy (non-hydrogen) atoms. The molecule has 5 nitrogen and oxygen atoms in total. The molecule has 5 heteroatoms. The van der Waals surface area contributed by atoms with E-state index in [2.05, 4.69) is 0 Å². The van der Waals surface area contributed by atoms with Gasteiger partial charge in [-0.05, 0) is 24.1 Å². The number of hydrogen-bond donors (Lipinski definition) is 1. The number of amides is 1. The second-order valence-corrected chi connectivity index (χ2v) is 4.42. The molecule has 98 valence electrons. The van der Waals surface area contributed by atoms with Crippen LogP contribution < -0.4 is 15.2 Å². The molecule has 0 aromatic heterocycles. The van der Waals surface area contributed by atoms with E-state index in [-0.39, 0.29) is 11.9 Å². The quantitative estimate of drug-likeness (QED) is 0.867. The van der Waals surface area contributed by atoms with E-state index in [1.807, 2.05) is 18.2 Å². The zero-order valence-electron chi connectivity index (χ0n) is 10.8. The van der Waals surface area contributed by atoms with Crippen molar-refractivity contribution in [1.82, 2.24) is 4.90 Å². The predicted octanol–water partition coefficient (Wildman–Crippen LogP) is 0.934. The monoisotopic (exact) mass is 250 g/mol. The zero-order chi connectivity index (χ0) is 13.3. The maximum Gasteiger partial charge on any atom is 0.239 e. The molecule has 2 N–H and O–H groups in total. The topological polar surface area (TPSA) is 64.8 Å². The average molecular weight is 250 g/mol. The molecule has 1 saturated heterocycles. The van der Waals surface area contributed by atoms with Gasteiger partial charge in [-0.1, -0.05) is 6.07 Å². The molecule has 1 aromatic rings. The lowest BCUT2D eigenvalue weighted by molar-refractivity contribution is -0.128. The summed E-state index contributed by atoms with van der Waals surface area (Å²) in [7, 11) is 4.96. The van der Waals surface area contributed by atoms with Crippen molar-refractivity contribution >= 4 is 5.91 Å². The number of likely N-dealkylation sites (N-methyl/N-ethyl adjacent to an activating group) is 1. The highest BCUT2D eigenvalue weighted by atomic mass is 16.5. The summed E-state index contributed by atoms with van der Waals surface area (Å²) in [5, 5.41) is 0. The Bertz CT molecular complexity index is 462. The van der Waals surface area contributed by atoms with E-state index < -0.39 is 6.04 Å². The van der Waals surface area contributed by atoms with E-state index in [0.29, 0.717) is 17.9 Å². The van der Waals surface area contributed by atoms with Gasteiger partial charge in [0.1, 0.15) is 0 Å². The molecular weight excluding hydrogens is 232 g/mol. The summed E-state index contributed by atoms with van der Waals surface area (Å²) in [5.41, 5.74) is 6.79. The molecule has 0 bridgehead atoms. The van der Waals surface area contributed by atoms with Gasteiger partial charge in [-0.2, -0.15) is 0 Å². The fourth-order valence-electron chi connectivity index (χ4n) is 2.33. The van der Waals surface area contributed by atoms with Gasteiger partial charge in [-0.3, -0.25) is 4.79 Å². The van der Waals surface area contributed by atoms with Crippen LogP contribution >= 0.6 is 0 Å². The zero-order valence-corrected chi connectivity index (χ0v) is 10.8. The first-order valence-electron chi connectivity index (χ1n) is 5.82. The third kappa shape index (κ3) is 2.01. The molecule has 2 rings (SSSR count). The Morgan fingerprint density at radius 2 is 1.94 bits per heavy atom. The number of methoxy groups -OCH3 is 2. The van der Waals surface area contributed by atoms with Crippen molar-refractivity contribution in [2.45, 2.75) is 18.5 Å². The number of nitrogens with two attached hydrogens (primary N) is 1. The molecule has 1 aliphatic rings. The van der Waals surface area contributed by atoms with Crippen LogP contribution in [0.15, 0.2) is 18.2 Å². The highest BCUT2D eigenvalue weighted by molar-refractivity contribution is 5.84. The summed E-state index contributed by atoms with van der Waals surface area (Å²) in [6.45, 7) is 0. The van der Waals surface area contributed by atoms with E-state index in [0.717, 1.165) is 5.56 Å². The number of carbonyl (C=O) groups is 1. The van der Waals surface area contributed by atoms with Gasteiger partial charge in [-0.25, -0.2) is 0 Å². The van der Waals surface area contributed by atoms with Gasteiger partial charge in [0.05, 0.1) is 26.3 Å². The maximum absolute atomic E-state index is 11.7. The van der Waals surface area contributed by atoms with Gasteiger partial charge in [-0.15, -0.1) is 0 Å². The van der Waals surface area contributed by atoms with E-state index in [4.69, 9.17) is 15.2 Å². The molecule has 0 radical (unpaired) electrons. The lowest BCUT2D eigenvalue weighted by Gasteiger charge is -2.21. The normalized spacial score (nSPS) is 23.3. The van der Waals surface area contributed by atoms with Crippen molar-refractivity contribution in [3.63, 3.8) is 0 Å². The number of carbonyl (C=O) groups excluding carboxylic acids is 1. The van der Waals surface area contributed by atoms with Crippen LogP contribution in [-0.4, -0.2) is 38.1 Å². The first-order chi connectivity index (χ1) is 8.58. The molecule has 0 aliphatic carbocycles. The summed E-state index contributed by atoms with van der Waals surface area (Å²) in [6, 6.07) is 5.27. The van der Waals surface area contributed by atoms with Crippen molar-refractivity contribution in [2.24, 2.45) is 5.73 Å². The van der Waals surface area contributed by atoms with Gasteiger partial charge in [0.25, 0.3) is 0 Å². The van der Waals surface area contributed by atoms with E-state index in [9.17, 15) is 4.79 Å². The number of likely N-dealkylation sites (tertiary alicyclic amines) is 1. The summed E-state index contributed by atoms with van der Waals surface area (Å²) in [5.74, 6) is 1.32. The number of nitrogens with zero attached hydrogens (tertiary/aromatic N) is 1. The average Bonchev–Trinajstić information content (AvgIpc) is 2.65. The molecule has 1 aliphatic heterocycles. The molecule has 1 aromatic carbocycles. The Morgan fingerprint density at radius 1 is 1.28 bits per heavy atom. The van der Waals surface area contributed by atoms with Crippen LogP contribution in [0.2, 0.25) is 0 Å². The molecule has 1 amide bonds. The summed E-state index contributed by atoms with van der Waals surface area (Å²) < 4.78 is 10.5. The largest absolute Gasteiger partial charge is 0.493 e. The summed E-state index contributed by atoms with van der Waals surface area (Å²) in [6.07, 6.45) is 0.630. The van der Waals surface area contributed by atoms with Crippen LogP contribution in [0.5, 0.6) is 11.5 Å². The van der Waals surface area contributed by atoms with E-state index in [1.54, 1.807) is 26.2 Å². The fraction of sp³-hybridized carbons (Fsp3) is 0.462. The Morgan fingerprint density at radius 3 is 2.44 bits per heavy atom. The lowest BCUT2D eigenvalue weighted by atomic mass is 10.0. The third-order valence-electron chi connectivity index (χ3n) is 3.40. The minimum absolute atomic E-state index is 0.00676. The number of hydrogen-bond acceptors (Lipinski definition) is 4. The lowest BCUT2D eigenvalue weighted by Crippen LogP contribution is -2.31. The van der Waals surface area contributed by atoms with Crippen molar-refractivity contribution in [2.75, 3.05) is 21.3 Å². The van der Waals surface area contributed by atoms with Crippen LogP contribution in [0.25, 0.3) is 0 Å². The number of rotatable bonds is 3. The van der Waals surface area contributed by atoms with Crippen LogP contribution in [0, 0.1) is 0 Å². The molecule has 2 atom stereocenters. The highest BCUT2D eigenvalue weighted by Crippen LogP contribution is 2.36. The van der Waals surface area contributed by atoms with Gasteiger partial charge in [0.15, 0.2) is 11.5 Å². The fourth-order valence-corrected chi connectivity index (χ4v) is 2.33. The molecule has 0 saturated carbocycles. The van der Waals surface area contributed by atoms with Crippen LogP contribution in [0.3, 0.4) is 0 Å². The van der Waals surface area contributed by atoms with E-state index in [1.165, 1.54) is 0 Å². The Hall–Kier alpha value is -1.75. The minimum Gasteiger partial charge on any atom is -0.493 e. The predicted molar refractivity (Wildman–Crippen MR) is 67.6 cm³/mol. The smallest absolute Gasteiger partial charge is 0.239 e. The standard InChI is InChI=1S/C13H18N2O3/c1-15-10(7-9(14)13(15)16)8-4-5-11(17-2)12(6-8)18-3/h4-6,9-10H,7,14H2,1-3H3/t9-,10+/m1/s1. The van der Waals surface area contributed by atoms with Crippen molar-refractivity contribution in [1.29, 1.82) is 0 Å². The molecule has 1 fully saturated rings. The molecule has 1 heterocycles. The first kappa shape index (κ1) is 12.7. The van der Waals surface area contributed by atoms with Crippen LogP contribution in [0.4, 0.5) is 0 Å². The van der Waals surface area contributed by atoms with Gasteiger partial charge >= 0.3 is 0 Å². The summed E-state index contributed by atoms with van der Waals surface area (Å²) >= 11 is 0. The SMILES string of the molecule is COc1ccc([C@@H]2C[C@@H](N)C(=O)N2C)cc1OC. The van der Waals surface area contributed by atoms with Gasteiger partial charge in [0.2, 0.25) is 5.91 Å². The van der Waals surface area contributed by atoms with Crippen LogP contribution in [-0.2, 0) is 4.79 Å². The van der Waals surface area contributed by atoms with Gasteiger partial charge in [0, 0.05) is 7.05 Å². The summed E-state index contributed by atoms with van der Waals surface area (Å²) in [4.78, 5) is 13.4. The Labute approximate surface area is 106 Å². The number of benzene rings is 1. The number of ether oxygens (including phenoxy) is 2. The minimum atomic E-state index is -0.409. The molecule has 0 unspecified atom stereocenters. The van der Waals surface area contributed by atoms with Crippen LogP contribution in [0.1, 0.15) is 18.0 Å². The van der Waals surface area contributed by atoms with Crippen molar-refractivity contribution in [3.05, 3.63) is 23.8 Å².